The predicted octanol–water partition coefficient (Wildman–Crippen LogP) is 13.9. The minimum atomic E-state index is 0.706. The molecule has 0 aliphatic rings. The molecule has 0 aliphatic heterocycles. The average Bonchev–Trinajstić information content (AvgIpc) is 3.62. The molecule has 0 spiro atoms. The molecular formula is C54H38N2. The van der Waals surface area contributed by atoms with E-state index in [-0.39, 0.29) is 0 Å². The summed E-state index contributed by atoms with van der Waals surface area (Å²) >= 11 is 0. The fourth-order valence-electron chi connectivity index (χ4n) is 9.09. The number of benzene rings is 10. The van der Waals surface area contributed by atoms with Crippen LogP contribution >= 0.6 is 0 Å². The molecule has 11 rings (SSSR count). The predicted molar refractivity (Wildman–Crippen MR) is 240 cm³/mol. The van der Waals surface area contributed by atoms with Crippen molar-refractivity contribution in [1.29, 1.82) is 0 Å². The quantitative estimate of drug-likeness (QED) is 0.163. The smallest absolute Gasteiger partial charge is 0.0626 e. The molecule has 2 heteroatoms. The van der Waals surface area contributed by atoms with E-state index in [1.165, 1.54) is 92.4 Å². The van der Waals surface area contributed by atoms with Crippen molar-refractivity contribution >= 4 is 81.4 Å². The Kier molecular flexibility index (Phi) is 7.67. The van der Waals surface area contributed by atoms with Gasteiger partial charge < -0.3 is 9.88 Å². The first kappa shape index (κ1) is 32.3. The summed E-state index contributed by atoms with van der Waals surface area (Å²) in [6.07, 6.45) is 3.20. The number of nitrogens with zero attached hydrogens (tertiary/aromatic N) is 1. The molecule has 0 unspecified atom stereocenters. The molecule has 1 aromatic heterocycles. The number of fused-ring (bicyclic) bond motifs is 12. The van der Waals surface area contributed by atoms with E-state index in [1.54, 1.807) is 0 Å². The average molecular weight is 715 g/mol. The summed E-state index contributed by atoms with van der Waals surface area (Å²) in [5.74, 6) is 0. The number of hydrogen-bond donors (Lipinski definition) is 1. The Balaban J connectivity index is 1.01. The molecule has 10 aromatic carbocycles. The molecule has 0 amide bonds. The Morgan fingerprint density at radius 2 is 1.02 bits per heavy atom. The highest BCUT2D eigenvalue weighted by Gasteiger charge is 2.20. The zero-order valence-corrected chi connectivity index (χ0v) is 30.9. The van der Waals surface area contributed by atoms with Gasteiger partial charge in [0.25, 0.3) is 0 Å². The van der Waals surface area contributed by atoms with E-state index >= 15 is 0 Å². The van der Waals surface area contributed by atoms with Crippen LogP contribution in [0, 0.1) is 0 Å². The molecule has 56 heavy (non-hydrogen) atoms. The van der Waals surface area contributed by atoms with Crippen molar-refractivity contribution in [3.05, 3.63) is 217 Å². The van der Waals surface area contributed by atoms with Crippen molar-refractivity contribution in [1.82, 2.24) is 9.88 Å². The number of hydrogen-bond acceptors (Lipinski definition) is 1. The van der Waals surface area contributed by atoms with Crippen LogP contribution < -0.4 is 5.32 Å². The van der Waals surface area contributed by atoms with Gasteiger partial charge in [0.2, 0.25) is 0 Å². The number of aromatic nitrogens is 1. The van der Waals surface area contributed by atoms with Crippen LogP contribution in [0.1, 0.15) is 16.7 Å². The Morgan fingerprint density at radius 1 is 0.429 bits per heavy atom. The van der Waals surface area contributed by atoms with Crippen LogP contribution in [0.15, 0.2) is 200 Å². The van der Waals surface area contributed by atoms with E-state index in [2.05, 4.69) is 210 Å². The highest BCUT2D eigenvalue weighted by molar-refractivity contribution is 6.36. The summed E-state index contributed by atoms with van der Waals surface area (Å²) in [4.78, 5) is 0. The second-order valence-corrected chi connectivity index (χ2v) is 14.8. The fraction of sp³-hybridized carbons (Fsp3) is 0.0370. The van der Waals surface area contributed by atoms with E-state index in [1.807, 2.05) is 0 Å². The minimum Gasteiger partial charge on any atom is -0.381 e. The summed E-state index contributed by atoms with van der Waals surface area (Å²) in [7, 11) is 0. The van der Waals surface area contributed by atoms with Crippen LogP contribution in [0.3, 0.4) is 0 Å². The van der Waals surface area contributed by atoms with E-state index < -0.39 is 0 Å². The number of allylic oxidation sites excluding steroid dienone is 1. The first-order valence-corrected chi connectivity index (χ1v) is 19.5. The van der Waals surface area contributed by atoms with E-state index in [0.29, 0.717) is 6.54 Å². The number of nitrogens with one attached hydrogen (secondary N) is 1. The first-order valence-electron chi connectivity index (χ1n) is 19.5. The van der Waals surface area contributed by atoms with Crippen molar-refractivity contribution in [3.63, 3.8) is 0 Å². The minimum absolute atomic E-state index is 0.706. The molecule has 1 N–H and O–H groups in total. The zero-order chi connectivity index (χ0) is 37.0. The Hall–Kier alpha value is -7.16. The van der Waals surface area contributed by atoms with Crippen molar-refractivity contribution in [3.8, 4) is 5.69 Å². The lowest BCUT2D eigenvalue weighted by Crippen LogP contribution is -2.13. The second-order valence-electron chi connectivity index (χ2n) is 14.8. The molecule has 2 nitrogen and oxygen atoms in total. The van der Waals surface area contributed by atoms with Crippen molar-refractivity contribution in [2.24, 2.45) is 0 Å². The lowest BCUT2D eigenvalue weighted by atomic mass is 9.93. The Morgan fingerprint density at radius 3 is 1.80 bits per heavy atom. The Labute approximate surface area is 325 Å². The fourth-order valence-corrected chi connectivity index (χ4v) is 9.09. The largest absolute Gasteiger partial charge is 0.381 e. The van der Waals surface area contributed by atoms with Crippen LogP contribution in [0.2, 0.25) is 0 Å². The van der Waals surface area contributed by atoms with Gasteiger partial charge in [0.15, 0.2) is 0 Å². The lowest BCUT2D eigenvalue weighted by Gasteiger charge is -2.16. The van der Waals surface area contributed by atoms with Crippen LogP contribution in [0.4, 0.5) is 0 Å². The normalized spacial score (nSPS) is 12.2. The van der Waals surface area contributed by atoms with E-state index in [9.17, 15) is 0 Å². The maximum Gasteiger partial charge on any atom is 0.0626 e. The van der Waals surface area contributed by atoms with Gasteiger partial charge in [-0.15, -0.1) is 0 Å². The molecule has 0 saturated heterocycles. The summed E-state index contributed by atoms with van der Waals surface area (Å²) in [5.41, 5.74) is 8.55. The topological polar surface area (TPSA) is 17.0 Å². The summed E-state index contributed by atoms with van der Waals surface area (Å²) in [6.45, 7) is 0.706. The molecule has 0 fully saturated rings. The molecule has 0 atom stereocenters. The van der Waals surface area contributed by atoms with Crippen molar-refractivity contribution in [2.45, 2.75) is 13.0 Å². The molecular weight excluding hydrogens is 677 g/mol. The zero-order valence-electron chi connectivity index (χ0n) is 30.9. The van der Waals surface area contributed by atoms with Crippen molar-refractivity contribution in [2.75, 3.05) is 0 Å². The SMILES string of the molecule is C(/Cc1cccc2ccccc12)=C(/NCc1ccc(-n2c3ccccc3c3c4c5ccccc5ccc4c4ccccc4c32)cc1)c1cccc2ccccc12. The maximum absolute atomic E-state index is 3.89. The summed E-state index contributed by atoms with van der Waals surface area (Å²) in [5, 5.41) is 19.3. The van der Waals surface area contributed by atoms with Gasteiger partial charge in [-0.2, -0.15) is 0 Å². The summed E-state index contributed by atoms with van der Waals surface area (Å²) in [6, 6.07) is 71.0. The van der Waals surface area contributed by atoms with Gasteiger partial charge in [0, 0.05) is 45.0 Å². The summed E-state index contributed by atoms with van der Waals surface area (Å²) < 4.78 is 2.48. The maximum atomic E-state index is 3.89. The van der Waals surface area contributed by atoms with Gasteiger partial charge >= 0.3 is 0 Å². The first-order chi connectivity index (χ1) is 27.8. The van der Waals surface area contributed by atoms with E-state index in [0.717, 1.165) is 17.8 Å². The monoisotopic (exact) mass is 714 g/mol. The third-order valence-corrected chi connectivity index (χ3v) is 11.7. The Bertz CT molecular complexity index is 3320. The third kappa shape index (κ3) is 5.26. The molecule has 0 radical (unpaired) electrons. The van der Waals surface area contributed by atoms with Crippen molar-refractivity contribution < 1.29 is 0 Å². The van der Waals surface area contributed by atoms with Crippen LogP contribution in [-0.2, 0) is 13.0 Å². The molecule has 0 aliphatic carbocycles. The molecule has 0 bridgehead atoms. The van der Waals surface area contributed by atoms with E-state index in [4.69, 9.17) is 0 Å². The van der Waals surface area contributed by atoms with Gasteiger partial charge in [-0.25, -0.2) is 0 Å². The lowest BCUT2D eigenvalue weighted by molar-refractivity contribution is 0.886. The third-order valence-electron chi connectivity index (χ3n) is 11.7. The van der Waals surface area contributed by atoms with Gasteiger partial charge in [-0.05, 0) is 78.8 Å². The van der Waals surface area contributed by atoms with Gasteiger partial charge in [0.05, 0.1) is 11.0 Å². The van der Waals surface area contributed by atoms with Gasteiger partial charge in [-0.1, -0.05) is 182 Å². The van der Waals surface area contributed by atoms with Crippen LogP contribution in [0.5, 0.6) is 0 Å². The van der Waals surface area contributed by atoms with Crippen LogP contribution in [-0.4, -0.2) is 4.57 Å². The van der Waals surface area contributed by atoms with Crippen LogP contribution in [0.25, 0.3) is 87.1 Å². The standard InChI is InChI=1S/C54H38N2/c1-4-19-42-37(13-1)16-11-17-39(42)30-34-50(46-25-12-18-38-14-2-5-20-43(38)46)55-35-36-27-31-41(32-28-36)56-51-26-10-9-24-49(51)53-52-44-21-6-3-15-40(44)29-33-47(52)45-22-7-8-23-48(45)54(53)56/h1-29,31-34,55H,30,35H2/b50-34-. The van der Waals surface area contributed by atoms with Gasteiger partial charge in [-0.3, -0.25) is 0 Å². The molecule has 264 valence electrons. The molecule has 1 heterocycles. The number of para-hydroxylation sites is 1. The number of rotatable bonds is 7. The van der Waals surface area contributed by atoms with Gasteiger partial charge in [0.1, 0.15) is 0 Å². The second kappa shape index (κ2) is 13.3. The highest BCUT2D eigenvalue weighted by atomic mass is 15.0. The molecule has 0 saturated carbocycles. The molecule has 11 aromatic rings. The highest BCUT2D eigenvalue weighted by Crippen LogP contribution is 2.44.